The Bertz CT molecular complexity index is 912. The summed E-state index contributed by atoms with van der Waals surface area (Å²) in [6.07, 6.45) is 0.104. The maximum atomic E-state index is 12.7. The van der Waals surface area contributed by atoms with E-state index in [0.29, 0.717) is 5.56 Å². The lowest BCUT2D eigenvalue weighted by molar-refractivity contribution is -0.141. The van der Waals surface area contributed by atoms with Gasteiger partial charge in [-0.05, 0) is 49.1 Å². The third kappa shape index (κ3) is 3.58. The van der Waals surface area contributed by atoms with Crippen LogP contribution >= 0.6 is 11.3 Å². The number of fused-ring (bicyclic) bond motifs is 1. The molecule has 25 heavy (non-hydrogen) atoms. The zero-order chi connectivity index (χ0) is 18.0. The normalized spacial score (nSPS) is 12.1. The van der Waals surface area contributed by atoms with Crippen LogP contribution in [0.3, 0.4) is 0 Å². The quantitative estimate of drug-likeness (QED) is 0.682. The third-order valence-electron chi connectivity index (χ3n) is 4.36. The van der Waals surface area contributed by atoms with Crippen LogP contribution in [0.1, 0.15) is 39.0 Å². The summed E-state index contributed by atoms with van der Waals surface area (Å²) in [5.74, 6) is -0.561. The summed E-state index contributed by atoms with van der Waals surface area (Å²) in [6, 6.07) is 8.98. The van der Waals surface area contributed by atoms with Crippen molar-refractivity contribution in [1.82, 2.24) is 10.3 Å². The van der Waals surface area contributed by atoms with Gasteiger partial charge in [0.25, 0.3) is 5.91 Å². The molecule has 2 aromatic heterocycles. The van der Waals surface area contributed by atoms with E-state index in [0.717, 1.165) is 27.0 Å². The lowest BCUT2D eigenvalue weighted by Crippen LogP contribution is -2.30. The van der Waals surface area contributed by atoms with Crippen LogP contribution in [-0.4, -0.2) is 24.0 Å². The number of amides is 1. The van der Waals surface area contributed by atoms with Crippen molar-refractivity contribution in [2.75, 3.05) is 7.11 Å². The molecule has 0 bridgehead atoms. The Labute approximate surface area is 150 Å². The van der Waals surface area contributed by atoms with Gasteiger partial charge in [0, 0.05) is 27.0 Å². The average Bonchev–Trinajstić information content (AvgIpc) is 3.23. The van der Waals surface area contributed by atoms with Crippen molar-refractivity contribution in [2.24, 2.45) is 0 Å². The standard InChI is InChI=1S/C19H20N2O3S/c1-11-12(2)20-15-7-6-13(9-14(11)15)19(23)21-16(10-18(22)24-3)17-5-4-8-25-17/h4-9,16,20H,10H2,1-3H3,(H,21,23). The van der Waals surface area contributed by atoms with E-state index in [1.807, 2.05) is 43.5 Å². The van der Waals surface area contributed by atoms with E-state index in [-0.39, 0.29) is 18.3 Å². The second-order valence-electron chi connectivity index (χ2n) is 5.96. The molecule has 0 fully saturated rings. The highest BCUT2D eigenvalue weighted by Gasteiger charge is 2.21. The first kappa shape index (κ1) is 17.2. The molecule has 1 atom stereocenters. The van der Waals surface area contributed by atoms with Crippen molar-refractivity contribution < 1.29 is 14.3 Å². The number of hydrogen-bond donors (Lipinski definition) is 2. The minimum Gasteiger partial charge on any atom is -0.469 e. The number of aryl methyl sites for hydroxylation is 2. The molecule has 1 aromatic carbocycles. The van der Waals surface area contributed by atoms with E-state index in [2.05, 4.69) is 10.3 Å². The number of nitrogens with one attached hydrogen (secondary N) is 2. The fraction of sp³-hybridized carbons (Fsp3) is 0.263. The molecule has 130 valence electrons. The van der Waals surface area contributed by atoms with Crippen molar-refractivity contribution in [3.8, 4) is 0 Å². The number of carbonyl (C=O) groups excluding carboxylic acids is 2. The summed E-state index contributed by atoms with van der Waals surface area (Å²) in [4.78, 5) is 28.6. The Morgan fingerprint density at radius 2 is 2.08 bits per heavy atom. The summed E-state index contributed by atoms with van der Waals surface area (Å²) in [5.41, 5.74) is 3.81. The summed E-state index contributed by atoms with van der Waals surface area (Å²) in [5, 5.41) is 5.91. The largest absolute Gasteiger partial charge is 0.469 e. The fourth-order valence-corrected chi connectivity index (χ4v) is 3.58. The maximum absolute atomic E-state index is 12.7. The first-order valence-corrected chi connectivity index (χ1v) is 8.87. The minimum absolute atomic E-state index is 0.104. The molecule has 3 aromatic rings. The molecule has 2 heterocycles. The van der Waals surface area contributed by atoms with E-state index in [1.54, 1.807) is 6.07 Å². The third-order valence-corrected chi connectivity index (χ3v) is 5.35. The predicted molar refractivity (Wildman–Crippen MR) is 98.9 cm³/mol. The van der Waals surface area contributed by atoms with Gasteiger partial charge in [0.15, 0.2) is 0 Å². The van der Waals surface area contributed by atoms with Crippen LogP contribution in [0, 0.1) is 13.8 Å². The van der Waals surface area contributed by atoms with E-state index in [9.17, 15) is 9.59 Å². The average molecular weight is 356 g/mol. The molecule has 0 aliphatic carbocycles. The van der Waals surface area contributed by atoms with Crippen LogP contribution in [0.5, 0.6) is 0 Å². The van der Waals surface area contributed by atoms with Crippen molar-refractivity contribution >= 4 is 34.1 Å². The first-order chi connectivity index (χ1) is 12.0. The minimum atomic E-state index is -0.398. The SMILES string of the molecule is COC(=O)CC(NC(=O)c1ccc2[nH]c(C)c(C)c2c1)c1cccs1. The number of aromatic nitrogens is 1. The molecule has 0 spiro atoms. The van der Waals surface area contributed by atoms with Crippen molar-refractivity contribution in [1.29, 1.82) is 0 Å². The first-order valence-electron chi connectivity index (χ1n) is 7.99. The van der Waals surface area contributed by atoms with Crippen LogP contribution in [0.2, 0.25) is 0 Å². The lowest BCUT2D eigenvalue weighted by atomic mass is 10.1. The van der Waals surface area contributed by atoms with Gasteiger partial charge in [0.1, 0.15) is 0 Å². The number of methoxy groups -OCH3 is 1. The number of benzene rings is 1. The zero-order valence-corrected chi connectivity index (χ0v) is 15.2. The lowest BCUT2D eigenvalue weighted by Gasteiger charge is -2.16. The van der Waals surface area contributed by atoms with Gasteiger partial charge in [-0.15, -0.1) is 11.3 Å². The van der Waals surface area contributed by atoms with E-state index < -0.39 is 6.04 Å². The fourth-order valence-electron chi connectivity index (χ4n) is 2.81. The molecule has 1 amide bonds. The van der Waals surface area contributed by atoms with Crippen LogP contribution in [-0.2, 0) is 9.53 Å². The number of ether oxygens (including phenoxy) is 1. The smallest absolute Gasteiger partial charge is 0.307 e. The summed E-state index contributed by atoms with van der Waals surface area (Å²) < 4.78 is 4.75. The summed E-state index contributed by atoms with van der Waals surface area (Å²) in [6.45, 7) is 4.04. The Hall–Kier alpha value is -2.60. The van der Waals surface area contributed by atoms with Crippen LogP contribution in [0.25, 0.3) is 10.9 Å². The van der Waals surface area contributed by atoms with Gasteiger partial charge in [0.2, 0.25) is 0 Å². The summed E-state index contributed by atoms with van der Waals surface area (Å²) >= 11 is 1.50. The van der Waals surface area contributed by atoms with Gasteiger partial charge in [-0.25, -0.2) is 0 Å². The van der Waals surface area contributed by atoms with Gasteiger partial charge in [0.05, 0.1) is 19.6 Å². The maximum Gasteiger partial charge on any atom is 0.307 e. The molecule has 3 rings (SSSR count). The van der Waals surface area contributed by atoms with Crippen LogP contribution in [0.4, 0.5) is 0 Å². The molecular weight excluding hydrogens is 336 g/mol. The number of rotatable bonds is 5. The van der Waals surface area contributed by atoms with E-state index in [1.165, 1.54) is 18.4 Å². The van der Waals surface area contributed by atoms with Gasteiger partial charge in [-0.1, -0.05) is 6.07 Å². The molecule has 0 aliphatic rings. The second kappa shape index (κ2) is 7.11. The van der Waals surface area contributed by atoms with Crippen molar-refractivity contribution in [2.45, 2.75) is 26.3 Å². The predicted octanol–water partition coefficient (Wildman–Crippen LogP) is 3.88. The highest BCUT2D eigenvalue weighted by atomic mass is 32.1. The zero-order valence-electron chi connectivity index (χ0n) is 14.4. The second-order valence-corrected chi connectivity index (χ2v) is 6.94. The molecule has 6 heteroatoms. The van der Waals surface area contributed by atoms with Gasteiger partial charge in [-0.3, -0.25) is 9.59 Å². The Balaban J connectivity index is 1.85. The monoisotopic (exact) mass is 356 g/mol. The number of aromatic amines is 1. The molecule has 0 radical (unpaired) electrons. The van der Waals surface area contributed by atoms with Gasteiger partial charge >= 0.3 is 5.97 Å². The highest BCUT2D eigenvalue weighted by molar-refractivity contribution is 7.10. The molecule has 0 aliphatic heterocycles. The number of hydrogen-bond acceptors (Lipinski definition) is 4. The van der Waals surface area contributed by atoms with Crippen molar-refractivity contribution in [3.05, 3.63) is 57.4 Å². The Kier molecular flexibility index (Phi) is 4.90. The number of carbonyl (C=O) groups is 2. The van der Waals surface area contributed by atoms with E-state index in [4.69, 9.17) is 4.74 Å². The van der Waals surface area contributed by atoms with Gasteiger partial charge in [-0.2, -0.15) is 0 Å². The Morgan fingerprint density at radius 1 is 1.28 bits per heavy atom. The Morgan fingerprint density at radius 3 is 2.76 bits per heavy atom. The topological polar surface area (TPSA) is 71.2 Å². The number of thiophene rings is 1. The molecule has 5 nitrogen and oxygen atoms in total. The van der Waals surface area contributed by atoms with Crippen molar-refractivity contribution in [3.63, 3.8) is 0 Å². The molecule has 2 N–H and O–H groups in total. The number of H-pyrrole nitrogens is 1. The molecular formula is C19H20N2O3S. The summed E-state index contributed by atoms with van der Waals surface area (Å²) in [7, 11) is 1.35. The van der Waals surface area contributed by atoms with Crippen LogP contribution in [0.15, 0.2) is 35.7 Å². The molecule has 0 saturated heterocycles. The van der Waals surface area contributed by atoms with E-state index >= 15 is 0 Å². The van der Waals surface area contributed by atoms with Crippen LogP contribution < -0.4 is 5.32 Å². The molecule has 1 unspecified atom stereocenters. The highest BCUT2D eigenvalue weighted by Crippen LogP contribution is 2.25. The molecule has 0 saturated carbocycles. The number of esters is 1. The van der Waals surface area contributed by atoms with Gasteiger partial charge < -0.3 is 15.0 Å².